The van der Waals surface area contributed by atoms with Gasteiger partial charge in [-0.3, -0.25) is 4.79 Å². The summed E-state index contributed by atoms with van der Waals surface area (Å²) in [7, 11) is 0. The van der Waals surface area contributed by atoms with E-state index in [1.165, 1.54) is 6.33 Å². The van der Waals surface area contributed by atoms with E-state index in [0.29, 0.717) is 28.8 Å². The summed E-state index contributed by atoms with van der Waals surface area (Å²) in [5, 5.41) is 0.670. The molecule has 5 heteroatoms. The van der Waals surface area contributed by atoms with Gasteiger partial charge in [-0.15, -0.1) is 6.42 Å². The molecule has 2 aromatic heterocycles. The molecule has 2 heterocycles. The van der Waals surface area contributed by atoms with Gasteiger partial charge in [0, 0.05) is 12.6 Å². The normalized spacial score (nSPS) is 19.5. The lowest BCUT2D eigenvalue weighted by molar-refractivity contribution is -0.123. The highest BCUT2D eigenvalue weighted by atomic mass is 16.1. The number of hydrogen-bond donors (Lipinski definition) is 1. The zero-order chi connectivity index (χ0) is 13.4. The standard InChI is InChI=1S/C14H14N4O/c1-2-9-7-18(10-5-3-4-6-11(10)19)14-12(9)13(15)16-8-17-14/h1,7-8,10H,3-6H2,(H2,15,16,17). The van der Waals surface area contributed by atoms with Gasteiger partial charge in [0.15, 0.2) is 5.78 Å². The maximum atomic E-state index is 12.1. The molecule has 96 valence electrons. The van der Waals surface area contributed by atoms with Crippen molar-refractivity contribution in [3.8, 4) is 12.3 Å². The Balaban J connectivity index is 2.22. The van der Waals surface area contributed by atoms with Crippen LogP contribution in [0.15, 0.2) is 12.5 Å². The zero-order valence-corrected chi connectivity index (χ0v) is 10.5. The van der Waals surface area contributed by atoms with E-state index in [0.717, 1.165) is 19.3 Å². The molecule has 2 aromatic rings. The SMILES string of the molecule is C#Cc1cn(C2CCCCC2=O)c2ncnc(N)c12. The molecule has 0 amide bonds. The van der Waals surface area contributed by atoms with E-state index in [1.54, 1.807) is 6.20 Å². The Morgan fingerprint density at radius 3 is 3.00 bits per heavy atom. The van der Waals surface area contributed by atoms with Crippen LogP contribution in [0, 0.1) is 12.3 Å². The Bertz CT molecular complexity index is 695. The van der Waals surface area contributed by atoms with Crippen LogP contribution in [0.2, 0.25) is 0 Å². The molecular formula is C14H14N4O. The van der Waals surface area contributed by atoms with Crippen molar-refractivity contribution in [1.82, 2.24) is 14.5 Å². The zero-order valence-electron chi connectivity index (χ0n) is 10.5. The largest absolute Gasteiger partial charge is 0.383 e. The molecule has 0 bridgehead atoms. The number of nitrogens with zero attached hydrogens (tertiary/aromatic N) is 3. The third kappa shape index (κ3) is 1.76. The smallest absolute Gasteiger partial charge is 0.155 e. The maximum Gasteiger partial charge on any atom is 0.155 e. The maximum absolute atomic E-state index is 12.1. The first-order valence-electron chi connectivity index (χ1n) is 6.32. The van der Waals surface area contributed by atoms with Crippen molar-refractivity contribution in [3.05, 3.63) is 18.1 Å². The van der Waals surface area contributed by atoms with Crippen LogP contribution < -0.4 is 5.73 Å². The molecule has 1 aliphatic carbocycles. The molecule has 0 radical (unpaired) electrons. The van der Waals surface area contributed by atoms with E-state index >= 15 is 0 Å². The quantitative estimate of drug-likeness (QED) is 0.786. The van der Waals surface area contributed by atoms with Gasteiger partial charge in [0.05, 0.1) is 17.0 Å². The van der Waals surface area contributed by atoms with E-state index < -0.39 is 0 Å². The fourth-order valence-corrected chi connectivity index (χ4v) is 2.71. The minimum Gasteiger partial charge on any atom is -0.383 e. The molecule has 1 unspecified atom stereocenters. The summed E-state index contributed by atoms with van der Waals surface area (Å²) < 4.78 is 1.87. The number of Topliss-reactive ketones (excluding diaryl/α,β-unsaturated/α-hetero) is 1. The van der Waals surface area contributed by atoms with Crippen LogP contribution in [0.5, 0.6) is 0 Å². The number of rotatable bonds is 1. The average Bonchev–Trinajstić information content (AvgIpc) is 2.79. The van der Waals surface area contributed by atoms with Gasteiger partial charge in [0.1, 0.15) is 17.8 Å². The predicted molar refractivity (Wildman–Crippen MR) is 72.4 cm³/mol. The fourth-order valence-electron chi connectivity index (χ4n) is 2.71. The summed E-state index contributed by atoms with van der Waals surface area (Å²) in [5.74, 6) is 3.19. The van der Waals surface area contributed by atoms with Crippen molar-refractivity contribution >= 4 is 22.6 Å². The number of anilines is 1. The predicted octanol–water partition coefficient (Wildman–Crippen LogP) is 1.68. The molecule has 0 aromatic carbocycles. The van der Waals surface area contributed by atoms with Crippen molar-refractivity contribution in [2.75, 3.05) is 5.73 Å². The van der Waals surface area contributed by atoms with Crippen molar-refractivity contribution in [2.24, 2.45) is 0 Å². The van der Waals surface area contributed by atoms with Gasteiger partial charge in [-0.05, 0) is 12.8 Å². The van der Waals surface area contributed by atoms with Crippen LogP contribution in [0.1, 0.15) is 37.3 Å². The minimum absolute atomic E-state index is 0.173. The van der Waals surface area contributed by atoms with Gasteiger partial charge in [-0.25, -0.2) is 9.97 Å². The summed E-state index contributed by atoms with van der Waals surface area (Å²) in [6, 6.07) is -0.173. The summed E-state index contributed by atoms with van der Waals surface area (Å²) in [6.07, 6.45) is 12.2. The van der Waals surface area contributed by atoms with Crippen molar-refractivity contribution in [3.63, 3.8) is 0 Å². The van der Waals surface area contributed by atoms with E-state index in [9.17, 15) is 4.79 Å². The Morgan fingerprint density at radius 1 is 1.42 bits per heavy atom. The number of carbonyl (C=O) groups excluding carboxylic acids is 1. The van der Waals surface area contributed by atoms with Gasteiger partial charge in [0.25, 0.3) is 0 Å². The second kappa shape index (κ2) is 4.39. The molecular weight excluding hydrogens is 240 g/mol. The number of nitrogen functional groups attached to an aromatic ring is 1. The van der Waals surface area contributed by atoms with Crippen LogP contribution in [0.3, 0.4) is 0 Å². The Kier molecular flexibility index (Phi) is 2.71. The fraction of sp³-hybridized carbons (Fsp3) is 0.357. The van der Waals surface area contributed by atoms with Gasteiger partial charge < -0.3 is 10.3 Å². The number of aromatic nitrogens is 3. The monoisotopic (exact) mass is 254 g/mol. The molecule has 0 saturated heterocycles. The van der Waals surface area contributed by atoms with Gasteiger partial charge in [-0.2, -0.15) is 0 Å². The molecule has 3 rings (SSSR count). The van der Waals surface area contributed by atoms with E-state index in [-0.39, 0.29) is 11.8 Å². The minimum atomic E-state index is -0.173. The summed E-state index contributed by atoms with van der Waals surface area (Å²) >= 11 is 0. The van der Waals surface area contributed by atoms with Gasteiger partial charge in [-0.1, -0.05) is 12.3 Å². The number of carbonyl (C=O) groups is 1. The average molecular weight is 254 g/mol. The van der Waals surface area contributed by atoms with Crippen LogP contribution in [-0.2, 0) is 4.79 Å². The molecule has 1 atom stereocenters. The molecule has 0 aliphatic heterocycles. The highest BCUT2D eigenvalue weighted by Gasteiger charge is 2.26. The first-order valence-corrected chi connectivity index (χ1v) is 6.32. The summed E-state index contributed by atoms with van der Waals surface area (Å²) in [5.41, 5.74) is 7.16. The molecule has 0 spiro atoms. The lowest BCUT2D eigenvalue weighted by Gasteiger charge is -2.22. The van der Waals surface area contributed by atoms with E-state index in [1.807, 2.05) is 4.57 Å². The Labute approximate surface area is 110 Å². The molecule has 5 nitrogen and oxygen atoms in total. The number of ketones is 1. The first kappa shape index (κ1) is 11.7. The van der Waals surface area contributed by atoms with Crippen molar-refractivity contribution in [1.29, 1.82) is 0 Å². The van der Waals surface area contributed by atoms with Crippen LogP contribution in [0.25, 0.3) is 11.0 Å². The second-order valence-corrected chi connectivity index (χ2v) is 4.78. The van der Waals surface area contributed by atoms with Gasteiger partial charge >= 0.3 is 0 Å². The van der Waals surface area contributed by atoms with Gasteiger partial charge in [0.2, 0.25) is 0 Å². The molecule has 19 heavy (non-hydrogen) atoms. The lowest BCUT2D eigenvalue weighted by Crippen LogP contribution is -2.22. The molecule has 2 N–H and O–H groups in total. The van der Waals surface area contributed by atoms with Crippen LogP contribution in [-0.4, -0.2) is 20.3 Å². The third-order valence-corrected chi connectivity index (χ3v) is 3.65. The van der Waals surface area contributed by atoms with Crippen molar-refractivity contribution < 1.29 is 4.79 Å². The summed E-state index contributed by atoms with van der Waals surface area (Å²) in [6.45, 7) is 0. The second-order valence-electron chi connectivity index (χ2n) is 4.78. The Morgan fingerprint density at radius 2 is 2.26 bits per heavy atom. The number of fused-ring (bicyclic) bond motifs is 1. The highest BCUT2D eigenvalue weighted by molar-refractivity contribution is 5.94. The number of terminal acetylenes is 1. The van der Waals surface area contributed by atoms with Crippen LogP contribution >= 0.6 is 0 Å². The number of nitrogens with two attached hydrogens (primary N) is 1. The summed E-state index contributed by atoms with van der Waals surface area (Å²) in [4.78, 5) is 20.3. The lowest BCUT2D eigenvalue weighted by atomic mass is 9.94. The highest BCUT2D eigenvalue weighted by Crippen LogP contribution is 2.31. The first-order chi connectivity index (χ1) is 9.22. The molecule has 1 aliphatic rings. The Hall–Kier alpha value is -2.35. The molecule has 1 saturated carbocycles. The van der Waals surface area contributed by atoms with Crippen LogP contribution in [0.4, 0.5) is 5.82 Å². The van der Waals surface area contributed by atoms with E-state index in [4.69, 9.17) is 12.2 Å². The van der Waals surface area contributed by atoms with E-state index in [2.05, 4.69) is 15.9 Å². The molecule has 1 fully saturated rings. The topological polar surface area (TPSA) is 73.8 Å². The van der Waals surface area contributed by atoms with Crippen molar-refractivity contribution in [2.45, 2.75) is 31.7 Å². The number of hydrogen-bond acceptors (Lipinski definition) is 4. The third-order valence-electron chi connectivity index (χ3n) is 3.65.